The van der Waals surface area contributed by atoms with Crippen molar-refractivity contribution in [2.45, 2.75) is 13.8 Å². The van der Waals surface area contributed by atoms with Crippen molar-refractivity contribution in [2.75, 3.05) is 37.4 Å². The molecule has 1 N–H and O–H groups in total. The molecule has 11 heteroatoms. The molecule has 0 aliphatic heterocycles. The predicted molar refractivity (Wildman–Crippen MR) is 116 cm³/mol. The molecule has 1 amide bonds. The van der Waals surface area contributed by atoms with Gasteiger partial charge in [-0.05, 0) is 31.5 Å². The van der Waals surface area contributed by atoms with Crippen molar-refractivity contribution in [1.29, 1.82) is 0 Å². The van der Waals surface area contributed by atoms with Crippen LogP contribution in [0.5, 0.6) is 11.5 Å². The average molecular weight is 452 g/mol. The number of nitrogens with zero attached hydrogens (tertiary/aromatic N) is 2. The monoisotopic (exact) mass is 451 g/mol. The highest BCUT2D eigenvalue weighted by Gasteiger charge is 2.26. The topological polar surface area (TPSA) is 128 Å². The van der Waals surface area contributed by atoms with Crippen LogP contribution in [-0.4, -0.2) is 52.3 Å². The van der Waals surface area contributed by atoms with Crippen LogP contribution in [0.4, 0.5) is 11.4 Å². The molecule has 0 unspecified atom stereocenters. The number of methoxy groups -OCH3 is 1. The average Bonchev–Trinajstić information content (AvgIpc) is 2.69. The third-order valence-electron chi connectivity index (χ3n) is 4.34. The molecule has 0 aliphatic carbocycles. The minimum atomic E-state index is -3.93. The molecule has 168 valence electrons. The van der Waals surface area contributed by atoms with Gasteiger partial charge in [-0.3, -0.25) is 19.2 Å². The van der Waals surface area contributed by atoms with Crippen molar-refractivity contribution in [2.24, 2.45) is 0 Å². The van der Waals surface area contributed by atoms with Crippen LogP contribution in [-0.2, 0) is 14.8 Å². The lowest BCUT2D eigenvalue weighted by Gasteiger charge is -2.23. The zero-order valence-electron chi connectivity index (χ0n) is 17.7. The molecule has 0 spiro atoms. The summed E-state index contributed by atoms with van der Waals surface area (Å²) in [5.74, 6) is 0.184. The van der Waals surface area contributed by atoms with E-state index < -0.39 is 27.4 Å². The Kier molecular flexibility index (Phi) is 7.81. The van der Waals surface area contributed by atoms with Gasteiger partial charge in [0.15, 0.2) is 0 Å². The van der Waals surface area contributed by atoms with E-state index in [1.54, 1.807) is 0 Å². The maximum atomic E-state index is 12.4. The van der Waals surface area contributed by atoms with Crippen LogP contribution < -0.4 is 19.1 Å². The molecule has 10 nitrogen and oxygen atoms in total. The van der Waals surface area contributed by atoms with E-state index in [1.807, 2.05) is 32.0 Å². The summed E-state index contributed by atoms with van der Waals surface area (Å²) < 4.78 is 36.1. The second-order valence-electron chi connectivity index (χ2n) is 6.85. The molecule has 0 radical (unpaired) electrons. The number of nitrogens with one attached hydrogen (secondary N) is 1. The summed E-state index contributed by atoms with van der Waals surface area (Å²) in [4.78, 5) is 22.8. The standard InChI is InChI=1S/C20H25N3O7S/c1-14-5-7-18(15(2)11-14)30-10-9-21-20(24)13-22(31(4,27)28)17-12-16(23(25)26)6-8-19(17)29-3/h5-8,11-12H,9-10,13H2,1-4H3,(H,21,24). The molecule has 0 saturated carbocycles. The Morgan fingerprint density at radius 3 is 2.42 bits per heavy atom. The van der Waals surface area contributed by atoms with Crippen LogP contribution in [0.1, 0.15) is 11.1 Å². The lowest BCUT2D eigenvalue weighted by molar-refractivity contribution is -0.384. The Hall–Kier alpha value is -3.34. The number of non-ortho nitro benzene ring substituents is 1. The Labute approximate surface area is 181 Å². The van der Waals surface area contributed by atoms with Gasteiger partial charge >= 0.3 is 0 Å². The van der Waals surface area contributed by atoms with E-state index in [0.29, 0.717) is 5.75 Å². The van der Waals surface area contributed by atoms with Crippen LogP contribution in [0.3, 0.4) is 0 Å². The van der Waals surface area contributed by atoms with E-state index in [1.165, 1.54) is 19.2 Å². The Balaban J connectivity index is 2.07. The maximum absolute atomic E-state index is 12.4. The van der Waals surface area contributed by atoms with E-state index >= 15 is 0 Å². The minimum absolute atomic E-state index is 0.0852. The summed E-state index contributed by atoms with van der Waals surface area (Å²) in [5, 5.41) is 13.7. The molecule has 0 saturated heterocycles. The highest BCUT2D eigenvalue weighted by molar-refractivity contribution is 7.92. The summed E-state index contributed by atoms with van der Waals surface area (Å²) >= 11 is 0. The van der Waals surface area contributed by atoms with Crippen molar-refractivity contribution < 1.29 is 27.6 Å². The number of nitro benzene ring substituents is 1. The fraction of sp³-hybridized carbons (Fsp3) is 0.350. The lowest BCUT2D eigenvalue weighted by atomic mass is 10.1. The van der Waals surface area contributed by atoms with E-state index in [4.69, 9.17) is 9.47 Å². The fourth-order valence-electron chi connectivity index (χ4n) is 2.87. The van der Waals surface area contributed by atoms with Crippen molar-refractivity contribution in [3.8, 4) is 11.5 Å². The highest BCUT2D eigenvalue weighted by atomic mass is 32.2. The number of nitro groups is 1. The second kappa shape index (κ2) is 10.1. The van der Waals surface area contributed by atoms with Crippen molar-refractivity contribution in [1.82, 2.24) is 5.32 Å². The molecule has 0 heterocycles. The molecule has 2 aromatic rings. The molecule has 0 aromatic heterocycles. The lowest BCUT2D eigenvalue weighted by Crippen LogP contribution is -2.41. The van der Waals surface area contributed by atoms with Gasteiger partial charge in [-0.1, -0.05) is 17.7 Å². The summed E-state index contributed by atoms with van der Waals surface area (Å²) in [7, 11) is -2.63. The number of ether oxygens (including phenoxy) is 2. The van der Waals surface area contributed by atoms with E-state index in [2.05, 4.69) is 5.32 Å². The van der Waals surface area contributed by atoms with Gasteiger partial charge in [0, 0.05) is 12.1 Å². The van der Waals surface area contributed by atoms with Gasteiger partial charge in [0.05, 0.1) is 24.8 Å². The molecule has 0 aliphatic rings. The molecular weight excluding hydrogens is 426 g/mol. The number of carbonyl (C=O) groups is 1. The number of anilines is 1. The Bertz CT molecular complexity index is 1070. The normalized spacial score (nSPS) is 11.0. The van der Waals surface area contributed by atoms with Crippen LogP contribution in [0, 0.1) is 24.0 Å². The molecular formula is C20H25N3O7S. The van der Waals surface area contributed by atoms with Gasteiger partial charge in [-0.2, -0.15) is 0 Å². The molecule has 0 bridgehead atoms. The fourth-order valence-corrected chi connectivity index (χ4v) is 3.72. The van der Waals surface area contributed by atoms with Gasteiger partial charge in [0.25, 0.3) is 5.69 Å². The molecule has 31 heavy (non-hydrogen) atoms. The Morgan fingerprint density at radius 1 is 1.16 bits per heavy atom. The third-order valence-corrected chi connectivity index (χ3v) is 5.47. The van der Waals surface area contributed by atoms with Crippen LogP contribution >= 0.6 is 0 Å². The quantitative estimate of drug-likeness (QED) is 0.333. The van der Waals surface area contributed by atoms with E-state index in [0.717, 1.165) is 27.8 Å². The van der Waals surface area contributed by atoms with Crippen molar-refractivity contribution >= 4 is 27.3 Å². The van der Waals surface area contributed by atoms with Gasteiger partial charge in [-0.25, -0.2) is 8.42 Å². The summed E-state index contributed by atoms with van der Waals surface area (Å²) in [6.45, 7) is 3.66. The second-order valence-corrected chi connectivity index (χ2v) is 8.76. The SMILES string of the molecule is COc1ccc([N+](=O)[O-])cc1N(CC(=O)NCCOc1ccc(C)cc1C)S(C)(=O)=O. The van der Waals surface area contributed by atoms with Gasteiger partial charge in [0.2, 0.25) is 15.9 Å². The third kappa shape index (κ3) is 6.57. The number of carbonyl (C=O) groups excluding carboxylic acids is 1. The van der Waals surface area contributed by atoms with Gasteiger partial charge in [0.1, 0.15) is 30.3 Å². The number of rotatable bonds is 10. The molecule has 2 aromatic carbocycles. The van der Waals surface area contributed by atoms with E-state index in [-0.39, 0.29) is 30.3 Å². The smallest absolute Gasteiger partial charge is 0.271 e. The zero-order valence-corrected chi connectivity index (χ0v) is 18.6. The molecule has 2 rings (SSSR count). The number of benzene rings is 2. The van der Waals surface area contributed by atoms with Crippen molar-refractivity contribution in [3.63, 3.8) is 0 Å². The number of sulfonamides is 1. The first kappa shape index (κ1) is 23.9. The maximum Gasteiger partial charge on any atom is 0.271 e. The number of hydrogen-bond acceptors (Lipinski definition) is 7. The van der Waals surface area contributed by atoms with E-state index in [9.17, 15) is 23.3 Å². The first-order chi connectivity index (χ1) is 14.5. The van der Waals surface area contributed by atoms with Gasteiger partial charge in [-0.15, -0.1) is 0 Å². The largest absolute Gasteiger partial charge is 0.495 e. The first-order valence-electron chi connectivity index (χ1n) is 9.30. The molecule has 0 atom stereocenters. The highest BCUT2D eigenvalue weighted by Crippen LogP contribution is 2.33. The van der Waals surface area contributed by atoms with Crippen LogP contribution in [0.15, 0.2) is 36.4 Å². The van der Waals surface area contributed by atoms with Crippen LogP contribution in [0.25, 0.3) is 0 Å². The summed E-state index contributed by atoms with van der Waals surface area (Å²) in [5.41, 5.74) is 1.65. The predicted octanol–water partition coefficient (Wildman–Crippen LogP) is 2.18. The van der Waals surface area contributed by atoms with Crippen LogP contribution in [0.2, 0.25) is 0 Å². The first-order valence-corrected chi connectivity index (χ1v) is 11.1. The Morgan fingerprint density at radius 2 is 1.84 bits per heavy atom. The molecule has 0 fully saturated rings. The zero-order chi connectivity index (χ0) is 23.2. The van der Waals surface area contributed by atoms with Crippen molar-refractivity contribution in [3.05, 3.63) is 57.6 Å². The number of hydrogen-bond donors (Lipinski definition) is 1. The number of amides is 1. The summed E-state index contributed by atoms with van der Waals surface area (Å²) in [6, 6.07) is 9.25. The minimum Gasteiger partial charge on any atom is -0.495 e. The summed E-state index contributed by atoms with van der Waals surface area (Å²) in [6.07, 6.45) is 0.905. The number of aryl methyl sites for hydroxylation is 2. The van der Waals surface area contributed by atoms with Gasteiger partial charge < -0.3 is 14.8 Å².